The van der Waals surface area contributed by atoms with E-state index in [1.54, 1.807) is 0 Å². The molecule has 0 aliphatic carbocycles. The average Bonchev–Trinajstić information content (AvgIpc) is 2.55. The van der Waals surface area contributed by atoms with E-state index in [0.717, 1.165) is 17.3 Å². The first-order chi connectivity index (χ1) is 11.5. The molecule has 2 aromatic carbocycles. The van der Waals surface area contributed by atoms with E-state index in [1.165, 1.54) is 29.8 Å². The number of anilines is 1. The van der Waals surface area contributed by atoms with Gasteiger partial charge >= 0.3 is 0 Å². The van der Waals surface area contributed by atoms with Crippen molar-refractivity contribution in [3.05, 3.63) is 62.6 Å². The van der Waals surface area contributed by atoms with Gasteiger partial charge in [0.1, 0.15) is 5.75 Å². The Balaban J connectivity index is 1.90. The summed E-state index contributed by atoms with van der Waals surface area (Å²) in [7, 11) is 0. The first kappa shape index (κ1) is 17.9. The summed E-state index contributed by atoms with van der Waals surface area (Å²) in [5, 5.41) is 13.2. The van der Waals surface area contributed by atoms with Crippen molar-refractivity contribution in [2.24, 2.45) is 0 Å². The maximum Gasteiger partial charge on any atom is 0.269 e. The second kappa shape index (κ2) is 8.44. The average molecular weight is 393 g/mol. The number of rotatable bonds is 7. The zero-order valence-electron chi connectivity index (χ0n) is 13.1. The maximum atomic E-state index is 11.9. The maximum absolute atomic E-state index is 11.9. The topological polar surface area (TPSA) is 81.5 Å². The number of nitrogens with one attached hydrogen (secondary N) is 1. The quantitative estimate of drug-likeness (QED) is 0.561. The predicted octanol–water partition coefficient (Wildman–Crippen LogP) is 4.33. The van der Waals surface area contributed by atoms with E-state index in [1.807, 2.05) is 18.2 Å². The first-order valence-corrected chi connectivity index (χ1v) is 8.24. The fourth-order valence-electron chi connectivity index (χ4n) is 2.11. The normalized spacial score (nSPS) is 10.2. The van der Waals surface area contributed by atoms with Crippen LogP contribution in [-0.2, 0) is 11.2 Å². The van der Waals surface area contributed by atoms with Gasteiger partial charge in [-0.3, -0.25) is 14.9 Å². The molecule has 126 valence electrons. The van der Waals surface area contributed by atoms with Crippen LogP contribution in [0.2, 0.25) is 0 Å². The van der Waals surface area contributed by atoms with Gasteiger partial charge in [0.25, 0.3) is 11.6 Å². The van der Waals surface area contributed by atoms with Crippen LogP contribution in [-0.4, -0.2) is 17.4 Å². The lowest BCUT2D eigenvalue weighted by Gasteiger charge is -2.10. The van der Waals surface area contributed by atoms with E-state index < -0.39 is 4.92 Å². The Morgan fingerprint density at radius 1 is 1.25 bits per heavy atom. The van der Waals surface area contributed by atoms with Gasteiger partial charge in [0.15, 0.2) is 6.61 Å². The Morgan fingerprint density at radius 2 is 1.96 bits per heavy atom. The van der Waals surface area contributed by atoms with Crippen LogP contribution in [0, 0.1) is 10.1 Å². The summed E-state index contributed by atoms with van der Waals surface area (Å²) in [5.41, 5.74) is 1.65. The highest BCUT2D eigenvalue weighted by molar-refractivity contribution is 9.10. The molecule has 6 nitrogen and oxygen atoms in total. The molecule has 1 N–H and O–H groups in total. The van der Waals surface area contributed by atoms with Crippen molar-refractivity contribution in [1.29, 1.82) is 0 Å². The third-order valence-electron chi connectivity index (χ3n) is 3.26. The Morgan fingerprint density at radius 3 is 2.54 bits per heavy atom. The van der Waals surface area contributed by atoms with Crippen molar-refractivity contribution < 1.29 is 14.5 Å². The van der Waals surface area contributed by atoms with Gasteiger partial charge in [-0.1, -0.05) is 19.4 Å². The standard InChI is InChI=1S/C17H17BrN2O4/c1-2-3-12-4-9-16(15(18)10-12)24-11-17(21)19-13-5-7-14(8-6-13)20(22)23/h4-10H,2-3,11H2,1H3,(H,19,21). The smallest absolute Gasteiger partial charge is 0.269 e. The number of nitro groups is 1. The minimum absolute atomic E-state index is 0.0275. The molecule has 0 atom stereocenters. The van der Waals surface area contributed by atoms with E-state index in [9.17, 15) is 14.9 Å². The number of nitrogens with zero attached hydrogens (tertiary/aromatic N) is 1. The van der Waals surface area contributed by atoms with Gasteiger partial charge in [0.2, 0.25) is 0 Å². The van der Waals surface area contributed by atoms with Crippen molar-refractivity contribution in [2.75, 3.05) is 11.9 Å². The highest BCUT2D eigenvalue weighted by atomic mass is 79.9. The molecule has 0 aliphatic rings. The number of halogens is 1. The Hall–Kier alpha value is -2.41. The Kier molecular flexibility index (Phi) is 6.31. The molecule has 0 unspecified atom stereocenters. The molecule has 0 saturated carbocycles. The summed E-state index contributed by atoms with van der Waals surface area (Å²) in [4.78, 5) is 22.0. The van der Waals surface area contributed by atoms with Crippen LogP contribution >= 0.6 is 15.9 Å². The molecule has 7 heteroatoms. The van der Waals surface area contributed by atoms with Crippen LogP contribution in [0.3, 0.4) is 0 Å². The molecule has 0 saturated heterocycles. The monoisotopic (exact) mass is 392 g/mol. The number of carbonyl (C=O) groups is 1. The fraction of sp³-hybridized carbons (Fsp3) is 0.235. The lowest BCUT2D eigenvalue weighted by Crippen LogP contribution is -2.20. The van der Waals surface area contributed by atoms with Crippen LogP contribution in [0.5, 0.6) is 5.75 Å². The number of non-ortho nitro benzene ring substituents is 1. The van der Waals surface area contributed by atoms with Crippen LogP contribution in [0.4, 0.5) is 11.4 Å². The molecule has 0 heterocycles. The molecule has 0 bridgehead atoms. The van der Waals surface area contributed by atoms with E-state index in [-0.39, 0.29) is 18.2 Å². The highest BCUT2D eigenvalue weighted by Gasteiger charge is 2.09. The van der Waals surface area contributed by atoms with Gasteiger partial charge in [-0.25, -0.2) is 0 Å². The summed E-state index contributed by atoms with van der Waals surface area (Å²) >= 11 is 3.44. The first-order valence-electron chi connectivity index (χ1n) is 7.45. The van der Waals surface area contributed by atoms with Gasteiger partial charge in [-0.05, 0) is 52.2 Å². The van der Waals surface area contributed by atoms with Crippen LogP contribution in [0.25, 0.3) is 0 Å². The minimum Gasteiger partial charge on any atom is -0.483 e. The number of benzene rings is 2. The summed E-state index contributed by atoms with van der Waals surface area (Å²) in [6.45, 7) is 1.96. The zero-order chi connectivity index (χ0) is 17.5. The number of aryl methyl sites for hydroxylation is 1. The molecule has 0 radical (unpaired) electrons. The van der Waals surface area contributed by atoms with Crippen molar-refractivity contribution in [1.82, 2.24) is 0 Å². The Labute approximate surface area is 148 Å². The molecule has 0 aliphatic heterocycles. The van der Waals surface area contributed by atoms with Crippen LogP contribution in [0.1, 0.15) is 18.9 Å². The molecular formula is C17H17BrN2O4. The molecule has 0 aromatic heterocycles. The SMILES string of the molecule is CCCc1ccc(OCC(=O)Nc2ccc([N+](=O)[O-])cc2)c(Br)c1. The molecule has 0 spiro atoms. The molecule has 2 aromatic rings. The summed E-state index contributed by atoms with van der Waals surface area (Å²) in [6.07, 6.45) is 2.05. The van der Waals surface area contributed by atoms with Gasteiger partial charge in [-0.2, -0.15) is 0 Å². The van der Waals surface area contributed by atoms with Crippen molar-refractivity contribution in [3.63, 3.8) is 0 Å². The number of nitro benzene ring substituents is 1. The summed E-state index contributed by atoms with van der Waals surface area (Å²) in [6, 6.07) is 11.4. The van der Waals surface area contributed by atoms with E-state index in [0.29, 0.717) is 11.4 Å². The number of ether oxygens (including phenoxy) is 1. The second-order valence-corrected chi connectivity index (χ2v) is 6.01. The van der Waals surface area contributed by atoms with Crippen LogP contribution < -0.4 is 10.1 Å². The molecule has 2 rings (SSSR count). The fourth-order valence-corrected chi connectivity index (χ4v) is 2.65. The van der Waals surface area contributed by atoms with E-state index in [2.05, 4.69) is 28.2 Å². The lowest BCUT2D eigenvalue weighted by molar-refractivity contribution is -0.384. The van der Waals surface area contributed by atoms with Gasteiger partial charge in [0, 0.05) is 17.8 Å². The second-order valence-electron chi connectivity index (χ2n) is 5.16. The zero-order valence-corrected chi connectivity index (χ0v) is 14.7. The third kappa shape index (κ3) is 5.06. The number of hydrogen-bond donors (Lipinski definition) is 1. The van der Waals surface area contributed by atoms with Gasteiger partial charge in [-0.15, -0.1) is 0 Å². The Bertz CT molecular complexity index is 732. The highest BCUT2D eigenvalue weighted by Crippen LogP contribution is 2.26. The van der Waals surface area contributed by atoms with E-state index in [4.69, 9.17) is 4.74 Å². The molecule has 24 heavy (non-hydrogen) atoms. The van der Waals surface area contributed by atoms with Crippen molar-refractivity contribution in [3.8, 4) is 5.75 Å². The minimum atomic E-state index is -0.492. The third-order valence-corrected chi connectivity index (χ3v) is 3.88. The van der Waals surface area contributed by atoms with E-state index >= 15 is 0 Å². The van der Waals surface area contributed by atoms with Crippen molar-refractivity contribution >= 4 is 33.2 Å². The molecule has 0 fully saturated rings. The van der Waals surface area contributed by atoms with Gasteiger partial charge < -0.3 is 10.1 Å². The molecular weight excluding hydrogens is 376 g/mol. The number of amides is 1. The largest absolute Gasteiger partial charge is 0.483 e. The summed E-state index contributed by atoms with van der Waals surface area (Å²) in [5.74, 6) is 0.252. The van der Waals surface area contributed by atoms with Crippen LogP contribution in [0.15, 0.2) is 46.9 Å². The van der Waals surface area contributed by atoms with Crippen molar-refractivity contribution in [2.45, 2.75) is 19.8 Å². The molecule has 1 amide bonds. The lowest BCUT2D eigenvalue weighted by atomic mass is 10.1. The summed E-state index contributed by atoms with van der Waals surface area (Å²) < 4.78 is 6.30. The van der Waals surface area contributed by atoms with Gasteiger partial charge in [0.05, 0.1) is 9.40 Å². The number of hydrogen-bond acceptors (Lipinski definition) is 4. The number of carbonyl (C=O) groups excluding carboxylic acids is 1. The predicted molar refractivity (Wildman–Crippen MR) is 95.4 cm³/mol.